The second-order valence-electron chi connectivity index (χ2n) is 20.1. The number of fused-ring (bicyclic) bond motifs is 4. The highest BCUT2D eigenvalue weighted by Gasteiger charge is 2.58. The molecule has 8 aromatic rings. The molecule has 4 fully saturated rings. The number of rotatable bonds is 12. The Balaban J connectivity index is 0.935. The van der Waals surface area contributed by atoms with Crippen LogP contribution < -0.4 is 9.80 Å². The van der Waals surface area contributed by atoms with Gasteiger partial charge < -0.3 is 14.2 Å². The number of nitrogens with zero attached hydrogens (tertiary/aromatic N) is 2. The molecule has 4 saturated carbocycles. The van der Waals surface area contributed by atoms with Crippen LogP contribution in [-0.4, -0.2) is 0 Å². The molecule has 5 aliphatic carbocycles. The third kappa shape index (κ3) is 6.70. The summed E-state index contributed by atoms with van der Waals surface area (Å²) in [6.07, 6.45) is 15.8. The van der Waals surface area contributed by atoms with E-state index in [1.54, 1.807) is 5.56 Å². The van der Waals surface area contributed by atoms with Crippen molar-refractivity contribution in [2.75, 3.05) is 9.80 Å². The van der Waals surface area contributed by atoms with Crippen LogP contribution in [0.4, 0.5) is 34.1 Å². The maximum absolute atomic E-state index is 6.60. The van der Waals surface area contributed by atoms with Crippen molar-refractivity contribution < 1.29 is 4.42 Å². The standard InChI is InChI=1S/C61H58N2O/c1-4-6-7-43-12-23-51(24-13-43)62(52-26-19-49(20-27-52)61-38-44-32-45(39-61)37-60(36-44,40-61)48-17-10-42(5-2)11-18-48)54-28-30-58-56(34-54)57-35-55(29-31-59(57)64-58)63(50-21-8-41(3)9-22-50)53-25-16-46-14-15-47(46)33-53/h5,8-13,16-31,33-35,44-45H,2,4,6-7,14-15,32,36-40H2,1,3H3. The molecular formula is C61H58N2O. The number of furan rings is 1. The van der Waals surface area contributed by atoms with E-state index in [0.29, 0.717) is 0 Å². The summed E-state index contributed by atoms with van der Waals surface area (Å²) in [6.45, 7) is 8.45. The maximum atomic E-state index is 6.60. The smallest absolute Gasteiger partial charge is 0.135 e. The van der Waals surface area contributed by atoms with Crippen LogP contribution in [0.1, 0.15) is 97.2 Å². The highest BCUT2D eigenvalue weighted by atomic mass is 16.3. The number of unbranched alkanes of at least 4 members (excludes halogenated alkanes) is 1. The molecule has 3 heteroatoms. The summed E-state index contributed by atoms with van der Waals surface area (Å²) in [5, 5.41) is 2.24. The predicted molar refractivity (Wildman–Crippen MR) is 268 cm³/mol. The van der Waals surface area contributed by atoms with Gasteiger partial charge in [0, 0.05) is 44.9 Å². The van der Waals surface area contributed by atoms with Gasteiger partial charge in [0.15, 0.2) is 0 Å². The Hall–Kier alpha value is -6.32. The number of hydrogen-bond donors (Lipinski definition) is 0. The third-order valence-electron chi connectivity index (χ3n) is 15.9. The van der Waals surface area contributed by atoms with Crippen molar-refractivity contribution in [3.8, 4) is 0 Å². The monoisotopic (exact) mass is 834 g/mol. The van der Waals surface area contributed by atoms with E-state index in [1.807, 2.05) is 6.08 Å². The van der Waals surface area contributed by atoms with E-state index < -0.39 is 0 Å². The molecule has 0 spiro atoms. The Labute approximate surface area is 379 Å². The fraction of sp³-hybridized carbons (Fsp3) is 0.279. The largest absolute Gasteiger partial charge is 0.456 e. The van der Waals surface area contributed by atoms with Gasteiger partial charge in [0.1, 0.15) is 11.2 Å². The highest BCUT2D eigenvalue weighted by Crippen LogP contribution is 2.66. The Kier molecular flexibility index (Phi) is 9.48. The van der Waals surface area contributed by atoms with Gasteiger partial charge in [0.2, 0.25) is 0 Å². The summed E-state index contributed by atoms with van der Waals surface area (Å²) in [6, 6.07) is 57.9. The van der Waals surface area contributed by atoms with Gasteiger partial charge in [0.05, 0.1) is 0 Å². The molecule has 64 heavy (non-hydrogen) atoms. The van der Waals surface area contributed by atoms with Crippen LogP contribution in [-0.2, 0) is 30.1 Å². The van der Waals surface area contributed by atoms with Gasteiger partial charge >= 0.3 is 0 Å². The molecule has 0 N–H and O–H groups in total. The molecule has 0 radical (unpaired) electrons. The van der Waals surface area contributed by atoms with Crippen molar-refractivity contribution in [1.29, 1.82) is 0 Å². The summed E-state index contributed by atoms with van der Waals surface area (Å²) >= 11 is 0. The molecule has 318 valence electrons. The highest BCUT2D eigenvalue weighted by molar-refractivity contribution is 6.08. The molecule has 0 aliphatic heterocycles. The van der Waals surface area contributed by atoms with E-state index in [4.69, 9.17) is 4.42 Å². The number of aryl methyl sites for hydroxylation is 4. The number of anilines is 6. The first kappa shape index (κ1) is 39.3. The fourth-order valence-electron chi connectivity index (χ4n) is 13.0. The van der Waals surface area contributed by atoms with Crippen LogP contribution >= 0.6 is 0 Å². The molecule has 1 aromatic heterocycles. The second-order valence-corrected chi connectivity index (χ2v) is 20.1. The van der Waals surface area contributed by atoms with E-state index in [2.05, 4.69) is 182 Å². The van der Waals surface area contributed by atoms with Crippen molar-refractivity contribution in [3.63, 3.8) is 0 Å². The SMILES string of the molecule is C=Cc1ccc(C23CC4CC(C2)CC(c2ccc(N(c5ccc(CCCC)cc5)c5ccc6oc7ccc(N(c8ccc(C)cc8)c8ccc9c(c8)CC9)cc7c6c5)cc2)(C4)C3)cc1. The van der Waals surface area contributed by atoms with E-state index in [1.165, 1.54) is 108 Å². The van der Waals surface area contributed by atoms with E-state index in [9.17, 15) is 0 Å². The van der Waals surface area contributed by atoms with Crippen molar-refractivity contribution in [1.82, 2.24) is 0 Å². The molecule has 3 nitrogen and oxygen atoms in total. The molecule has 1 heterocycles. The van der Waals surface area contributed by atoms with Crippen LogP contribution in [0, 0.1) is 18.8 Å². The van der Waals surface area contributed by atoms with Crippen LogP contribution in [0.5, 0.6) is 0 Å². The van der Waals surface area contributed by atoms with Crippen LogP contribution in [0.25, 0.3) is 28.0 Å². The zero-order chi connectivity index (χ0) is 43.0. The average molecular weight is 835 g/mol. The van der Waals surface area contributed by atoms with Gasteiger partial charge in [-0.25, -0.2) is 0 Å². The van der Waals surface area contributed by atoms with E-state index >= 15 is 0 Å². The summed E-state index contributed by atoms with van der Waals surface area (Å²) < 4.78 is 6.60. The Morgan fingerprint density at radius 3 is 1.58 bits per heavy atom. The first-order valence-electron chi connectivity index (χ1n) is 24.0. The third-order valence-corrected chi connectivity index (χ3v) is 15.9. The molecule has 5 aliphatic rings. The normalized spacial score (nSPS) is 21.8. The van der Waals surface area contributed by atoms with Crippen molar-refractivity contribution in [2.24, 2.45) is 11.8 Å². The van der Waals surface area contributed by atoms with Crippen LogP contribution in [0.15, 0.2) is 163 Å². The zero-order valence-corrected chi connectivity index (χ0v) is 37.5. The first-order chi connectivity index (χ1) is 31.4. The van der Waals surface area contributed by atoms with Crippen molar-refractivity contribution in [2.45, 2.75) is 95.3 Å². The van der Waals surface area contributed by atoms with Gasteiger partial charge in [-0.3, -0.25) is 0 Å². The van der Waals surface area contributed by atoms with Crippen molar-refractivity contribution in [3.05, 3.63) is 197 Å². The summed E-state index contributed by atoms with van der Waals surface area (Å²) in [7, 11) is 0. The lowest BCUT2D eigenvalue weighted by Gasteiger charge is -2.63. The average Bonchev–Trinajstić information content (AvgIpc) is 3.67. The van der Waals surface area contributed by atoms with E-state index in [-0.39, 0.29) is 10.8 Å². The summed E-state index contributed by atoms with van der Waals surface area (Å²) in [5.74, 6) is 1.60. The molecule has 2 atom stereocenters. The molecule has 0 amide bonds. The molecule has 7 aromatic carbocycles. The lowest BCUT2D eigenvalue weighted by atomic mass is 9.42. The predicted octanol–water partition coefficient (Wildman–Crippen LogP) is 16.7. The Morgan fingerprint density at radius 2 is 1.05 bits per heavy atom. The fourth-order valence-corrected chi connectivity index (χ4v) is 13.0. The van der Waals surface area contributed by atoms with Gasteiger partial charge in [-0.1, -0.05) is 98.3 Å². The van der Waals surface area contributed by atoms with Crippen molar-refractivity contribution >= 4 is 62.1 Å². The molecule has 0 saturated heterocycles. The molecule has 4 bridgehead atoms. The van der Waals surface area contributed by atoms with Gasteiger partial charge in [-0.15, -0.1) is 0 Å². The minimum absolute atomic E-state index is 0.227. The summed E-state index contributed by atoms with van der Waals surface area (Å²) in [5.41, 5.74) is 19.1. The zero-order valence-electron chi connectivity index (χ0n) is 37.5. The molecule has 2 unspecified atom stereocenters. The topological polar surface area (TPSA) is 19.6 Å². The number of hydrogen-bond acceptors (Lipinski definition) is 3. The first-order valence-corrected chi connectivity index (χ1v) is 24.0. The van der Waals surface area contributed by atoms with Gasteiger partial charge in [-0.05, 0) is 212 Å². The molecule has 13 rings (SSSR count). The maximum Gasteiger partial charge on any atom is 0.135 e. The van der Waals surface area contributed by atoms with Gasteiger partial charge in [0.25, 0.3) is 0 Å². The Bertz CT molecular complexity index is 3010. The minimum atomic E-state index is 0.227. The number of benzene rings is 7. The lowest BCUT2D eigenvalue weighted by Crippen LogP contribution is -2.55. The Morgan fingerprint density at radius 1 is 0.562 bits per heavy atom. The lowest BCUT2D eigenvalue weighted by molar-refractivity contribution is -0.0281. The van der Waals surface area contributed by atoms with Gasteiger partial charge in [-0.2, -0.15) is 0 Å². The van der Waals surface area contributed by atoms with Crippen LogP contribution in [0.3, 0.4) is 0 Å². The second kappa shape index (κ2) is 15.4. The van der Waals surface area contributed by atoms with Crippen LogP contribution in [0.2, 0.25) is 0 Å². The van der Waals surface area contributed by atoms with E-state index in [0.717, 1.165) is 63.7 Å². The molecular weight excluding hydrogens is 777 g/mol. The minimum Gasteiger partial charge on any atom is -0.456 e. The quantitative estimate of drug-likeness (QED) is 0.122. The summed E-state index contributed by atoms with van der Waals surface area (Å²) in [4.78, 5) is 4.86.